The average molecular weight is 263 g/mol. The molecule has 0 aliphatic carbocycles. The Hall–Kier alpha value is -2.12. The SMILES string of the molecule is COc1ccc(NCc2ccc(C#N)o2)cc1Cl. The number of rotatable bonds is 4. The first-order valence-electron chi connectivity index (χ1n) is 5.29. The van der Waals surface area contributed by atoms with Crippen molar-refractivity contribution in [3.63, 3.8) is 0 Å². The quantitative estimate of drug-likeness (QED) is 0.917. The standard InChI is InChI=1S/C13H11ClN2O2/c1-17-13-5-2-9(6-12(13)14)16-8-11-4-3-10(7-15)18-11/h2-6,16H,8H2,1H3. The largest absolute Gasteiger partial charge is 0.495 e. The summed E-state index contributed by atoms with van der Waals surface area (Å²) in [6.45, 7) is 0.490. The summed E-state index contributed by atoms with van der Waals surface area (Å²) in [6, 6.07) is 10.8. The maximum absolute atomic E-state index is 8.63. The lowest BCUT2D eigenvalue weighted by molar-refractivity contribution is 0.415. The lowest BCUT2D eigenvalue weighted by Gasteiger charge is -2.07. The number of anilines is 1. The van der Waals surface area contributed by atoms with Crippen LogP contribution < -0.4 is 10.1 Å². The topological polar surface area (TPSA) is 58.2 Å². The van der Waals surface area contributed by atoms with E-state index in [1.807, 2.05) is 12.1 Å². The number of benzene rings is 1. The van der Waals surface area contributed by atoms with Crippen LogP contribution >= 0.6 is 11.6 Å². The molecule has 1 aromatic heterocycles. The van der Waals surface area contributed by atoms with Crippen LogP contribution in [-0.4, -0.2) is 7.11 Å². The number of halogens is 1. The molecule has 0 saturated heterocycles. The Labute approximate surface area is 110 Å². The highest BCUT2D eigenvalue weighted by Gasteiger charge is 2.03. The van der Waals surface area contributed by atoms with Crippen molar-refractivity contribution in [3.8, 4) is 11.8 Å². The summed E-state index contributed by atoms with van der Waals surface area (Å²) in [4.78, 5) is 0. The Morgan fingerprint density at radius 1 is 1.39 bits per heavy atom. The summed E-state index contributed by atoms with van der Waals surface area (Å²) in [5.74, 6) is 1.63. The number of ether oxygens (including phenoxy) is 1. The summed E-state index contributed by atoms with van der Waals surface area (Å²) >= 11 is 6.01. The van der Waals surface area contributed by atoms with Gasteiger partial charge in [-0.25, -0.2) is 0 Å². The summed E-state index contributed by atoms with van der Waals surface area (Å²) in [5.41, 5.74) is 0.857. The molecule has 0 aliphatic rings. The molecular weight excluding hydrogens is 252 g/mol. The van der Waals surface area contributed by atoms with E-state index in [2.05, 4.69) is 5.32 Å². The monoisotopic (exact) mass is 262 g/mol. The first kappa shape index (κ1) is 12.3. The van der Waals surface area contributed by atoms with E-state index >= 15 is 0 Å². The number of hydrogen-bond acceptors (Lipinski definition) is 4. The molecule has 0 amide bonds. The van der Waals surface area contributed by atoms with Gasteiger partial charge in [0.2, 0.25) is 5.76 Å². The molecule has 1 aromatic carbocycles. The molecule has 0 radical (unpaired) electrons. The molecule has 1 N–H and O–H groups in total. The molecule has 0 atom stereocenters. The molecule has 0 aliphatic heterocycles. The van der Waals surface area contributed by atoms with Crippen molar-refractivity contribution in [2.75, 3.05) is 12.4 Å². The molecular formula is C13H11ClN2O2. The Balaban J connectivity index is 2.02. The Morgan fingerprint density at radius 3 is 2.83 bits per heavy atom. The van der Waals surface area contributed by atoms with Crippen molar-refractivity contribution < 1.29 is 9.15 Å². The summed E-state index contributed by atoms with van der Waals surface area (Å²) in [7, 11) is 1.57. The Morgan fingerprint density at radius 2 is 2.22 bits per heavy atom. The highest BCUT2D eigenvalue weighted by Crippen LogP contribution is 2.27. The third kappa shape index (κ3) is 2.76. The van der Waals surface area contributed by atoms with Crippen LogP contribution in [0.1, 0.15) is 11.5 Å². The summed E-state index contributed by atoms with van der Waals surface area (Å²) in [5, 5.41) is 12.3. The number of nitriles is 1. The Bertz CT molecular complexity index is 587. The van der Waals surface area contributed by atoms with Crippen molar-refractivity contribution >= 4 is 17.3 Å². The zero-order chi connectivity index (χ0) is 13.0. The third-order valence-electron chi connectivity index (χ3n) is 2.39. The van der Waals surface area contributed by atoms with Crippen LogP contribution in [0.2, 0.25) is 5.02 Å². The second-order valence-corrected chi connectivity index (χ2v) is 3.99. The van der Waals surface area contributed by atoms with E-state index in [4.69, 9.17) is 26.0 Å². The fraction of sp³-hybridized carbons (Fsp3) is 0.154. The van der Waals surface area contributed by atoms with Crippen molar-refractivity contribution in [3.05, 3.63) is 46.9 Å². The molecule has 2 aromatic rings. The number of hydrogen-bond donors (Lipinski definition) is 1. The molecule has 4 nitrogen and oxygen atoms in total. The molecule has 2 rings (SSSR count). The lowest BCUT2D eigenvalue weighted by Crippen LogP contribution is -1.98. The molecule has 0 bridgehead atoms. The van der Waals surface area contributed by atoms with Crippen molar-refractivity contribution in [2.45, 2.75) is 6.54 Å². The van der Waals surface area contributed by atoms with Gasteiger partial charge in [-0.05, 0) is 30.3 Å². The smallest absolute Gasteiger partial charge is 0.203 e. The molecule has 18 heavy (non-hydrogen) atoms. The van der Waals surface area contributed by atoms with Crippen LogP contribution in [0.3, 0.4) is 0 Å². The van der Waals surface area contributed by atoms with E-state index in [9.17, 15) is 0 Å². The van der Waals surface area contributed by atoms with Gasteiger partial charge in [0, 0.05) is 5.69 Å². The average Bonchev–Trinajstić information content (AvgIpc) is 2.84. The maximum Gasteiger partial charge on any atom is 0.203 e. The number of nitrogens with zero attached hydrogens (tertiary/aromatic N) is 1. The van der Waals surface area contributed by atoms with Crippen LogP contribution in [-0.2, 0) is 6.54 Å². The van der Waals surface area contributed by atoms with Gasteiger partial charge < -0.3 is 14.5 Å². The second-order valence-electron chi connectivity index (χ2n) is 3.58. The minimum absolute atomic E-state index is 0.305. The molecule has 0 fully saturated rings. The van der Waals surface area contributed by atoms with Crippen molar-refractivity contribution in [1.29, 1.82) is 5.26 Å². The fourth-order valence-corrected chi connectivity index (χ4v) is 1.76. The van der Waals surface area contributed by atoms with E-state index in [-0.39, 0.29) is 0 Å². The normalized spacial score (nSPS) is 9.83. The lowest BCUT2D eigenvalue weighted by atomic mass is 10.3. The van der Waals surface area contributed by atoms with E-state index in [0.717, 1.165) is 5.69 Å². The van der Waals surface area contributed by atoms with Crippen molar-refractivity contribution in [1.82, 2.24) is 0 Å². The molecule has 0 saturated carbocycles. The van der Waals surface area contributed by atoms with Gasteiger partial charge in [-0.2, -0.15) is 5.26 Å². The molecule has 5 heteroatoms. The van der Waals surface area contributed by atoms with Gasteiger partial charge in [0.15, 0.2) is 0 Å². The zero-order valence-electron chi connectivity index (χ0n) is 9.74. The third-order valence-corrected chi connectivity index (χ3v) is 2.69. The second kappa shape index (κ2) is 5.48. The van der Waals surface area contributed by atoms with E-state index in [1.54, 1.807) is 31.4 Å². The summed E-state index contributed by atoms with van der Waals surface area (Å²) in [6.07, 6.45) is 0. The van der Waals surface area contributed by atoms with Gasteiger partial charge in [-0.1, -0.05) is 11.6 Å². The highest BCUT2D eigenvalue weighted by atomic mass is 35.5. The number of methoxy groups -OCH3 is 1. The van der Waals surface area contributed by atoms with Gasteiger partial charge in [-0.15, -0.1) is 0 Å². The van der Waals surface area contributed by atoms with Crippen LogP contribution in [0.15, 0.2) is 34.7 Å². The molecule has 1 heterocycles. The number of nitrogens with one attached hydrogen (secondary N) is 1. The highest BCUT2D eigenvalue weighted by molar-refractivity contribution is 6.32. The minimum Gasteiger partial charge on any atom is -0.495 e. The van der Waals surface area contributed by atoms with Gasteiger partial charge in [0.1, 0.15) is 17.6 Å². The van der Waals surface area contributed by atoms with Gasteiger partial charge >= 0.3 is 0 Å². The first-order chi connectivity index (χ1) is 8.72. The zero-order valence-corrected chi connectivity index (χ0v) is 10.5. The van der Waals surface area contributed by atoms with Crippen LogP contribution in [0.25, 0.3) is 0 Å². The first-order valence-corrected chi connectivity index (χ1v) is 5.67. The summed E-state index contributed by atoms with van der Waals surface area (Å²) < 4.78 is 10.3. The van der Waals surface area contributed by atoms with Crippen LogP contribution in [0.5, 0.6) is 5.75 Å². The molecule has 0 spiro atoms. The van der Waals surface area contributed by atoms with Crippen LogP contribution in [0, 0.1) is 11.3 Å². The predicted molar refractivity (Wildman–Crippen MR) is 68.8 cm³/mol. The minimum atomic E-state index is 0.305. The van der Waals surface area contributed by atoms with Crippen LogP contribution in [0.4, 0.5) is 5.69 Å². The molecule has 92 valence electrons. The predicted octanol–water partition coefficient (Wildman–Crippen LogP) is 3.43. The van der Waals surface area contributed by atoms with Gasteiger partial charge in [0.25, 0.3) is 0 Å². The Kier molecular flexibility index (Phi) is 3.75. The van der Waals surface area contributed by atoms with E-state index in [0.29, 0.717) is 28.8 Å². The fourth-order valence-electron chi connectivity index (χ4n) is 1.50. The van der Waals surface area contributed by atoms with Gasteiger partial charge in [-0.3, -0.25) is 0 Å². The van der Waals surface area contributed by atoms with E-state index in [1.165, 1.54) is 0 Å². The van der Waals surface area contributed by atoms with E-state index < -0.39 is 0 Å². The van der Waals surface area contributed by atoms with Gasteiger partial charge in [0.05, 0.1) is 18.7 Å². The van der Waals surface area contributed by atoms with Crippen molar-refractivity contribution in [2.24, 2.45) is 0 Å². The molecule has 0 unspecified atom stereocenters. The maximum atomic E-state index is 8.63. The number of furan rings is 1.